The molecule has 0 N–H and O–H groups in total. The number of benzene rings is 1. The van der Waals surface area contributed by atoms with E-state index in [-0.39, 0.29) is 17.9 Å². The molecule has 32 heavy (non-hydrogen) atoms. The van der Waals surface area contributed by atoms with Crippen molar-refractivity contribution in [3.63, 3.8) is 0 Å². The number of rotatable bonds is 4. The van der Waals surface area contributed by atoms with Gasteiger partial charge in [-0.15, -0.1) is 0 Å². The Labute approximate surface area is 189 Å². The molecular weight excluding hydrogens is 431 g/mol. The van der Waals surface area contributed by atoms with Crippen LogP contribution in [0.15, 0.2) is 59.8 Å². The van der Waals surface area contributed by atoms with Crippen molar-refractivity contribution < 1.29 is 9.13 Å². The topological polar surface area (TPSA) is 52.3 Å². The van der Waals surface area contributed by atoms with Crippen molar-refractivity contribution in [1.82, 2.24) is 14.1 Å². The van der Waals surface area contributed by atoms with Gasteiger partial charge < -0.3 is 18.8 Å². The molecule has 1 aliphatic rings. The van der Waals surface area contributed by atoms with Crippen LogP contribution in [0, 0.1) is 5.82 Å². The molecule has 0 spiro atoms. The van der Waals surface area contributed by atoms with Gasteiger partial charge in [0.15, 0.2) is 0 Å². The van der Waals surface area contributed by atoms with Crippen LogP contribution in [0.5, 0.6) is 0 Å². The zero-order valence-corrected chi connectivity index (χ0v) is 18.3. The maximum absolute atomic E-state index is 14.1. The second-order valence-electron chi connectivity index (χ2n) is 7.94. The highest BCUT2D eigenvalue weighted by atomic mass is 35.5. The third kappa shape index (κ3) is 3.89. The summed E-state index contributed by atoms with van der Waals surface area (Å²) in [5.41, 5.74) is 3.78. The molecule has 0 bridgehead atoms. The van der Waals surface area contributed by atoms with Crippen LogP contribution >= 0.6 is 11.6 Å². The molecule has 0 aliphatic carbocycles. The summed E-state index contributed by atoms with van der Waals surface area (Å²) < 4.78 is 23.0. The number of pyridine rings is 2. The minimum atomic E-state index is -0.388. The number of anilines is 1. The van der Waals surface area contributed by atoms with E-state index in [1.807, 2.05) is 30.1 Å². The van der Waals surface area contributed by atoms with E-state index in [4.69, 9.17) is 16.3 Å². The Hall–Kier alpha value is -3.16. The van der Waals surface area contributed by atoms with Crippen LogP contribution in [0.2, 0.25) is 5.02 Å². The zero-order valence-electron chi connectivity index (χ0n) is 17.6. The Kier molecular flexibility index (Phi) is 5.45. The van der Waals surface area contributed by atoms with Crippen molar-refractivity contribution in [2.45, 2.75) is 6.54 Å². The first-order valence-corrected chi connectivity index (χ1v) is 10.8. The number of hydrogen-bond donors (Lipinski definition) is 0. The summed E-state index contributed by atoms with van der Waals surface area (Å²) >= 11 is 5.98. The summed E-state index contributed by atoms with van der Waals surface area (Å²) in [6.07, 6.45) is 5.56. The van der Waals surface area contributed by atoms with Gasteiger partial charge >= 0.3 is 0 Å². The SMILES string of the molecule is Cn1cc(-c2ccn(Cc3cc(Cl)ccc3F)c(=O)c2)c2cc(N3CCOCC3)cnc21. The fourth-order valence-corrected chi connectivity index (χ4v) is 4.32. The molecule has 0 amide bonds. The van der Waals surface area contributed by atoms with Crippen LogP contribution < -0.4 is 10.5 Å². The maximum atomic E-state index is 14.1. The van der Waals surface area contributed by atoms with E-state index in [9.17, 15) is 9.18 Å². The molecule has 6 nitrogen and oxygen atoms in total. The normalized spacial score (nSPS) is 14.3. The molecule has 164 valence electrons. The molecule has 1 aliphatic heterocycles. The average Bonchev–Trinajstić information content (AvgIpc) is 3.14. The number of aromatic nitrogens is 3. The van der Waals surface area contributed by atoms with Crippen molar-refractivity contribution in [2.75, 3.05) is 31.2 Å². The summed E-state index contributed by atoms with van der Waals surface area (Å²) in [6, 6.07) is 9.92. The highest BCUT2D eigenvalue weighted by molar-refractivity contribution is 6.30. The Morgan fingerprint density at radius 3 is 2.75 bits per heavy atom. The van der Waals surface area contributed by atoms with Gasteiger partial charge in [-0.2, -0.15) is 0 Å². The smallest absolute Gasteiger partial charge is 0.251 e. The highest BCUT2D eigenvalue weighted by Crippen LogP contribution is 2.31. The van der Waals surface area contributed by atoms with Crippen molar-refractivity contribution >= 4 is 28.3 Å². The third-order valence-corrected chi connectivity index (χ3v) is 6.07. The Balaban J connectivity index is 1.51. The van der Waals surface area contributed by atoms with E-state index in [1.165, 1.54) is 16.7 Å². The zero-order chi connectivity index (χ0) is 22.2. The van der Waals surface area contributed by atoms with Crippen molar-refractivity contribution in [1.29, 1.82) is 0 Å². The van der Waals surface area contributed by atoms with Gasteiger partial charge in [0, 0.05) is 60.1 Å². The summed E-state index contributed by atoms with van der Waals surface area (Å²) in [6.45, 7) is 3.16. The number of ether oxygens (including phenoxy) is 1. The average molecular weight is 453 g/mol. The van der Waals surface area contributed by atoms with E-state index in [0.717, 1.165) is 40.9 Å². The lowest BCUT2D eigenvalue weighted by Gasteiger charge is -2.28. The van der Waals surface area contributed by atoms with Gasteiger partial charge in [-0.1, -0.05) is 11.6 Å². The number of morpholine rings is 1. The third-order valence-electron chi connectivity index (χ3n) is 5.83. The number of fused-ring (bicyclic) bond motifs is 1. The molecule has 8 heteroatoms. The molecule has 5 rings (SSSR count). The molecule has 0 atom stereocenters. The largest absolute Gasteiger partial charge is 0.378 e. The van der Waals surface area contributed by atoms with E-state index in [1.54, 1.807) is 18.3 Å². The molecule has 3 aromatic heterocycles. The number of halogens is 2. The molecule has 1 saturated heterocycles. The van der Waals surface area contributed by atoms with Crippen LogP contribution in [0.1, 0.15) is 5.56 Å². The lowest BCUT2D eigenvalue weighted by molar-refractivity contribution is 0.122. The van der Waals surface area contributed by atoms with Gasteiger partial charge in [0.2, 0.25) is 0 Å². The van der Waals surface area contributed by atoms with Gasteiger partial charge in [0.05, 0.1) is 31.6 Å². The fraction of sp³-hybridized carbons (Fsp3) is 0.250. The summed E-state index contributed by atoms with van der Waals surface area (Å²) in [7, 11) is 1.94. The van der Waals surface area contributed by atoms with Crippen LogP contribution in [-0.2, 0) is 18.3 Å². The monoisotopic (exact) mass is 452 g/mol. The van der Waals surface area contributed by atoms with Crippen LogP contribution in [0.3, 0.4) is 0 Å². The standard InChI is InChI=1S/C24H22ClFN4O2/c1-28-15-21(20-12-19(13-27-24(20)28)29-6-8-32-9-7-29)16-4-5-30(23(31)11-16)14-17-10-18(25)2-3-22(17)26/h2-5,10-13,15H,6-9,14H2,1H3. The maximum Gasteiger partial charge on any atom is 0.251 e. The van der Waals surface area contributed by atoms with Crippen LogP contribution in [0.25, 0.3) is 22.2 Å². The predicted octanol–water partition coefficient (Wildman–Crippen LogP) is 4.08. The number of nitrogens with zero attached hydrogens (tertiary/aromatic N) is 4. The van der Waals surface area contributed by atoms with Gasteiger partial charge in [-0.05, 0) is 35.9 Å². The minimum absolute atomic E-state index is 0.115. The van der Waals surface area contributed by atoms with E-state index < -0.39 is 0 Å². The van der Waals surface area contributed by atoms with Crippen molar-refractivity contribution in [3.8, 4) is 11.1 Å². The molecule has 0 unspecified atom stereocenters. The quantitative estimate of drug-likeness (QED) is 0.468. The molecule has 4 heterocycles. The van der Waals surface area contributed by atoms with E-state index >= 15 is 0 Å². The molecule has 0 radical (unpaired) electrons. The fourth-order valence-electron chi connectivity index (χ4n) is 4.13. The summed E-state index contributed by atoms with van der Waals surface area (Å²) in [5.74, 6) is -0.388. The minimum Gasteiger partial charge on any atom is -0.378 e. The van der Waals surface area contributed by atoms with Crippen molar-refractivity contribution in [2.24, 2.45) is 7.05 Å². The predicted molar refractivity (Wildman–Crippen MR) is 124 cm³/mol. The first kappa shape index (κ1) is 20.7. The lowest BCUT2D eigenvalue weighted by Crippen LogP contribution is -2.36. The number of aryl methyl sites for hydroxylation is 1. The molecule has 0 saturated carbocycles. The van der Waals surface area contributed by atoms with Crippen molar-refractivity contribution in [3.05, 3.63) is 81.7 Å². The molecule has 1 aromatic carbocycles. The second-order valence-corrected chi connectivity index (χ2v) is 8.37. The van der Waals surface area contributed by atoms with E-state index in [0.29, 0.717) is 23.8 Å². The molecule has 4 aromatic rings. The van der Waals surface area contributed by atoms with E-state index in [2.05, 4.69) is 16.0 Å². The van der Waals surface area contributed by atoms with Gasteiger partial charge in [-0.25, -0.2) is 9.37 Å². The Morgan fingerprint density at radius 2 is 1.97 bits per heavy atom. The first-order chi connectivity index (χ1) is 15.5. The first-order valence-electron chi connectivity index (χ1n) is 10.4. The van der Waals surface area contributed by atoms with Gasteiger partial charge in [0.25, 0.3) is 5.56 Å². The second kappa shape index (κ2) is 8.41. The van der Waals surface area contributed by atoms with Crippen LogP contribution in [0.4, 0.5) is 10.1 Å². The van der Waals surface area contributed by atoms with Gasteiger partial charge in [0.1, 0.15) is 11.5 Å². The molecular formula is C24H22ClFN4O2. The molecule has 1 fully saturated rings. The highest BCUT2D eigenvalue weighted by Gasteiger charge is 2.16. The Morgan fingerprint density at radius 1 is 1.16 bits per heavy atom. The lowest BCUT2D eigenvalue weighted by atomic mass is 10.1. The van der Waals surface area contributed by atoms with Gasteiger partial charge in [-0.3, -0.25) is 4.79 Å². The summed E-state index contributed by atoms with van der Waals surface area (Å²) in [4.78, 5) is 19.7. The number of hydrogen-bond acceptors (Lipinski definition) is 4. The summed E-state index contributed by atoms with van der Waals surface area (Å²) in [5, 5.41) is 1.42. The van der Waals surface area contributed by atoms with Crippen LogP contribution in [-0.4, -0.2) is 40.4 Å². The Bertz CT molecular complexity index is 1360.